The molecule has 31 heavy (non-hydrogen) atoms. The van der Waals surface area contributed by atoms with Gasteiger partial charge in [-0.15, -0.1) is 10.2 Å². The van der Waals surface area contributed by atoms with Gasteiger partial charge < -0.3 is 14.2 Å². The Balaban J connectivity index is 1.62. The van der Waals surface area contributed by atoms with Crippen molar-refractivity contribution in [3.8, 4) is 17.5 Å². The van der Waals surface area contributed by atoms with Crippen LogP contribution in [0.25, 0.3) is 11.5 Å². The van der Waals surface area contributed by atoms with E-state index in [1.165, 1.54) is 11.8 Å². The molecule has 1 aromatic heterocycles. The number of halogens is 1. The topological polar surface area (TPSA) is 86.3 Å². The summed E-state index contributed by atoms with van der Waals surface area (Å²) >= 11 is 7.12. The SMILES string of the molecule is CN(C)CCN(Cc1ccc(C#N)cc1)C(=O)CSc1nnc(-c2ccc(Cl)cc2)o1. The van der Waals surface area contributed by atoms with Crippen molar-refractivity contribution < 1.29 is 9.21 Å². The average molecular weight is 456 g/mol. The zero-order chi connectivity index (χ0) is 22.2. The number of aromatic nitrogens is 2. The lowest BCUT2D eigenvalue weighted by atomic mass is 10.1. The molecule has 0 N–H and O–H groups in total. The number of nitriles is 1. The van der Waals surface area contributed by atoms with Crippen molar-refractivity contribution in [1.29, 1.82) is 5.26 Å². The Morgan fingerprint density at radius 3 is 2.45 bits per heavy atom. The first-order valence-electron chi connectivity index (χ1n) is 9.58. The first-order chi connectivity index (χ1) is 14.9. The Hall–Kier alpha value is -2.86. The highest BCUT2D eigenvalue weighted by Gasteiger charge is 2.17. The fraction of sp³-hybridized carbons (Fsp3) is 0.273. The molecule has 0 aliphatic carbocycles. The van der Waals surface area contributed by atoms with E-state index in [2.05, 4.69) is 16.3 Å². The highest BCUT2D eigenvalue weighted by atomic mass is 35.5. The van der Waals surface area contributed by atoms with E-state index in [9.17, 15) is 4.79 Å². The summed E-state index contributed by atoms with van der Waals surface area (Å²) in [6.45, 7) is 1.80. The van der Waals surface area contributed by atoms with E-state index in [-0.39, 0.29) is 11.7 Å². The molecular weight excluding hydrogens is 434 g/mol. The minimum absolute atomic E-state index is 0.0255. The van der Waals surface area contributed by atoms with E-state index in [0.717, 1.165) is 17.7 Å². The van der Waals surface area contributed by atoms with Crippen LogP contribution in [0.3, 0.4) is 0 Å². The molecule has 1 amide bonds. The molecule has 9 heteroatoms. The standard InChI is InChI=1S/C22H22ClN5O2S/c1-27(2)11-12-28(14-17-5-3-16(13-24)4-6-17)20(29)15-31-22-26-25-21(30-22)18-7-9-19(23)10-8-18/h3-10H,11-12,14-15H2,1-2H3. The lowest BCUT2D eigenvalue weighted by molar-refractivity contribution is -0.129. The van der Waals surface area contributed by atoms with Gasteiger partial charge in [-0.05, 0) is 56.1 Å². The molecule has 0 radical (unpaired) electrons. The van der Waals surface area contributed by atoms with E-state index >= 15 is 0 Å². The second-order valence-corrected chi connectivity index (χ2v) is 8.46. The van der Waals surface area contributed by atoms with Crippen LogP contribution < -0.4 is 0 Å². The number of rotatable bonds is 9. The van der Waals surface area contributed by atoms with E-state index in [1.54, 1.807) is 41.3 Å². The molecule has 0 aliphatic heterocycles. The van der Waals surface area contributed by atoms with Gasteiger partial charge in [-0.3, -0.25) is 4.79 Å². The monoisotopic (exact) mass is 455 g/mol. The van der Waals surface area contributed by atoms with Crippen molar-refractivity contribution in [1.82, 2.24) is 20.0 Å². The van der Waals surface area contributed by atoms with Crippen molar-refractivity contribution in [2.45, 2.75) is 11.8 Å². The molecule has 1 heterocycles. The predicted octanol–water partition coefficient (Wildman–Crippen LogP) is 3.94. The number of amides is 1. The number of carbonyl (C=O) groups excluding carboxylic acids is 1. The first kappa shape index (κ1) is 22.8. The molecule has 3 rings (SSSR count). The molecular formula is C22H22ClN5O2S. The minimum Gasteiger partial charge on any atom is -0.411 e. The fourth-order valence-electron chi connectivity index (χ4n) is 2.71. The number of hydrogen-bond acceptors (Lipinski definition) is 7. The van der Waals surface area contributed by atoms with Gasteiger partial charge >= 0.3 is 0 Å². The van der Waals surface area contributed by atoms with Gasteiger partial charge in [-0.1, -0.05) is 35.5 Å². The van der Waals surface area contributed by atoms with Gasteiger partial charge in [0.2, 0.25) is 11.8 Å². The Labute approximate surface area is 190 Å². The molecule has 0 spiro atoms. The van der Waals surface area contributed by atoms with Crippen LogP contribution >= 0.6 is 23.4 Å². The summed E-state index contributed by atoms with van der Waals surface area (Å²) in [5, 5.41) is 18.0. The quantitative estimate of drug-likeness (QED) is 0.451. The van der Waals surface area contributed by atoms with Gasteiger partial charge in [0, 0.05) is 30.2 Å². The fourth-order valence-corrected chi connectivity index (χ4v) is 3.50. The third-order valence-corrected chi connectivity index (χ3v) is 5.50. The van der Waals surface area contributed by atoms with Crippen LogP contribution in [0.4, 0.5) is 0 Å². The van der Waals surface area contributed by atoms with Gasteiger partial charge in [0.15, 0.2) is 0 Å². The molecule has 0 aliphatic rings. The van der Waals surface area contributed by atoms with Crippen molar-refractivity contribution >= 4 is 29.3 Å². The van der Waals surface area contributed by atoms with Crippen molar-refractivity contribution in [3.63, 3.8) is 0 Å². The Morgan fingerprint density at radius 2 is 1.81 bits per heavy atom. The number of nitrogens with zero attached hydrogens (tertiary/aromatic N) is 5. The summed E-state index contributed by atoms with van der Waals surface area (Å²) in [6.07, 6.45) is 0. The molecule has 2 aromatic carbocycles. The highest BCUT2D eigenvalue weighted by Crippen LogP contribution is 2.24. The maximum atomic E-state index is 12.9. The normalized spacial score (nSPS) is 10.8. The van der Waals surface area contributed by atoms with Crippen LogP contribution in [0.1, 0.15) is 11.1 Å². The summed E-state index contributed by atoms with van der Waals surface area (Å²) in [5.74, 6) is 0.544. The Kier molecular flexibility index (Phi) is 8.06. The van der Waals surface area contributed by atoms with Crippen LogP contribution in [0.5, 0.6) is 0 Å². The Morgan fingerprint density at radius 1 is 1.10 bits per heavy atom. The maximum Gasteiger partial charge on any atom is 0.277 e. The van der Waals surface area contributed by atoms with Gasteiger partial charge in [0.25, 0.3) is 5.22 Å². The summed E-state index contributed by atoms with van der Waals surface area (Å²) in [7, 11) is 3.94. The molecule has 0 atom stereocenters. The summed E-state index contributed by atoms with van der Waals surface area (Å²) in [6, 6.07) is 16.5. The second-order valence-electron chi connectivity index (χ2n) is 7.10. The molecule has 0 fully saturated rings. The molecule has 0 saturated carbocycles. The van der Waals surface area contributed by atoms with Crippen LogP contribution in [-0.2, 0) is 11.3 Å². The van der Waals surface area contributed by atoms with E-state index in [1.807, 2.05) is 31.1 Å². The van der Waals surface area contributed by atoms with Gasteiger partial charge in [-0.2, -0.15) is 5.26 Å². The molecule has 160 valence electrons. The largest absolute Gasteiger partial charge is 0.411 e. The molecule has 0 unspecified atom stereocenters. The van der Waals surface area contributed by atoms with Crippen LogP contribution in [0.15, 0.2) is 58.2 Å². The minimum atomic E-state index is -0.0255. The average Bonchev–Trinajstić information content (AvgIpc) is 3.25. The highest BCUT2D eigenvalue weighted by molar-refractivity contribution is 7.99. The third kappa shape index (κ3) is 6.82. The summed E-state index contributed by atoms with van der Waals surface area (Å²) in [4.78, 5) is 16.7. The Bertz CT molecular complexity index is 1050. The lowest BCUT2D eigenvalue weighted by Crippen LogP contribution is -2.37. The number of carbonyl (C=O) groups is 1. The number of benzene rings is 2. The van der Waals surface area contributed by atoms with E-state index in [0.29, 0.717) is 34.8 Å². The zero-order valence-electron chi connectivity index (χ0n) is 17.3. The second kappa shape index (κ2) is 11.0. The van der Waals surface area contributed by atoms with Gasteiger partial charge in [0.1, 0.15) is 0 Å². The number of likely N-dealkylation sites (N-methyl/N-ethyl adjacent to an activating group) is 1. The van der Waals surface area contributed by atoms with E-state index in [4.69, 9.17) is 21.3 Å². The molecule has 0 saturated heterocycles. The third-order valence-electron chi connectivity index (χ3n) is 4.44. The lowest BCUT2D eigenvalue weighted by Gasteiger charge is -2.24. The van der Waals surface area contributed by atoms with Crippen LogP contribution in [-0.4, -0.2) is 58.8 Å². The first-order valence-corrected chi connectivity index (χ1v) is 10.9. The number of hydrogen-bond donors (Lipinski definition) is 0. The molecule has 3 aromatic rings. The smallest absolute Gasteiger partial charge is 0.277 e. The molecule has 7 nitrogen and oxygen atoms in total. The number of thioether (sulfide) groups is 1. The van der Waals surface area contributed by atoms with Gasteiger partial charge in [-0.25, -0.2) is 0 Å². The van der Waals surface area contributed by atoms with E-state index < -0.39 is 0 Å². The van der Waals surface area contributed by atoms with Crippen molar-refractivity contribution in [2.24, 2.45) is 0 Å². The van der Waals surface area contributed by atoms with Crippen molar-refractivity contribution in [3.05, 3.63) is 64.7 Å². The summed E-state index contributed by atoms with van der Waals surface area (Å²) < 4.78 is 5.67. The van der Waals surface area contributed by atoms with Gasteiger partial charge in [0.05, 0.1) is 17.4 Å². The summed E-state index contributed by atoms with van der Waals surface area (Å²) in [5.41, 5.74) is 2.33. The predicted molar refractivity (Wildman–Crippen MR) is 121 cm³/mol. The van der Waals surface area contributed by atoms with Crippen molar-refractivity contribution in [2.75, 3.05) is 32.9 Å². The molecule has 0 bridgehead atoms. The zero-order valence-corrected chi connectivity index (χ0v) is 18.9. The van der Waals surface area contributed by atoms with Crippen LogP contribution in [0.2, 0.25) is 5.02 Å². The maximum absolute atomic E-state index is 12.9. The van der Waals surface area contributed by atoms with Crippen LogP contribution in [0, 0.1) is 11.3 Å².